The maximum atomic E-state index is 2.48. The molecule has 0 N–H and O–H groups in total. The highest BCUT2D eigenvalue weighted by atomic mass is 15.1. The number of aromatic nitrogens is 1. The highest BCUT2D eigenvalue weighted by Crippen LogP contribution is 2.47. The third-order valence-corrected chi connectivity index (χ3v) is 13.8. The molecule has 1 aromatic heterocycles. The molecule has 0 aliphatic heterocycles. The number of nitrogens with zero attached hydrogens (tertiary/aromatic N) is 2. The second-order valence-electron chi connectivity index (χ2n) is 17.5. The van der Waals surface area contributed by atoms with Crippen LogP contribution in [-0.2, 0) is 0 Å². The maximum Gasteiger partial charge on any atom is 0.0541 e. The smallest absolute Gasteiger partial charge is 0.0541 e. The second kappa shape index (κ2) is 16.2. The summed E-state index contributed by atoms with van der Waals surface area (Å²) in [6.07, 6.45) is 6.48. The van der Waals surface area contributed by atoms with Crippen LogP contribution in [0, 0.1) is 0 Å². The zero-order valence-corrected chi connectivity index (χ0v) is 35.9. The molecule has 1 saturated carbocycles. The van der Waals surface area contributed by atoms with E-state index in [0.29, 0.717) is 5.92 Å². The Hall–Kier alpha value is -7.68. The number of anilines is 3. The number of fused-ring (bicyclic) bond motifs is 5. The molecule has 0 radical (unpaired) electrons. The minimum atomic E-state index is 0.584. The van der Waals surface area contributed by atoms with Gasteiger partial charge in [-0.15, -0.1) is 0 Å². The zero-order chi connectivity index (χ0) is 42.4. The van der Waals surface area contributed by atoms with Crippen LogP contribution >= 0.6 is 0 Å². The first kappa shape index (κ1) is 38.0. The van der Waals surface area contributed by atoms with Crippen molar-refractivity contribution in [3.63, 3.8) is 0 Å². The number of rotatable bonds is 8. The summed E-state index contributed by atoms with van der Waals surface area (Å²) in [6, 6.07) is 83.1. The summed E-state index contributed by atoms with van der Waals surface area (Å²) < 4.78 is 2.39. The van der Waals surface area contributed by atoms with Crippen molar-refractivity contribution in [2.45, 2.75) is 38.0 Å². The Morgan fingerprint density at radius 3 is 1.89 bits per heavy atom. The molecule has 0 bridgehead atoms. The SMILES string of the molecule is c1ccc(-n2c3ccccc3c3cc(-c4cccc(N(c5ccc(-c6ccc7ccccc7c6)cc5)c5ccccc5-c5cccc6cccc(C7CCCCC7)c56)c4)ccc32)cc1. The number of hydrogen-bond acceptors (Lipinski definition) is 1. The summed E-state index contributed by atoms with van der Waals surface area (Å²) >= 11 is 0. The lowest BCUT2D eigenvalue weighted by Crippen LogP contribution is -2.11. The van der Waals surface area contributed by atoms with Gasteiger partial charge >= 0.3 is 0 Å². The normalized spacial score (nSPS) is 13.2. The van der Waals surface area contributed by atoms with E-state index >= 15 is 0 Å². The first-order valence-corrected chi connectivity index (χ1v) is 22.9. The molecule has 0 atom stereocenters. The molecule has 12 rings (SSSR count). The summed E-state index contributed by atoms with van der Waals surface area (Å²) in [5.41, 5.74) is 15.8. The van der Waals surface area contributed by atoms with Crippen molar-refractivity contribution in [3.8, 4) is 39.1 Å². The van der Waals surface area contributed by atoms with Gasteiger partial charge in [0.15, 0.2) is 0 Å². The Morgan fingerprint density at radius 2 is 1.02 bits per heavy atom. The molecule has 1 aliphatic carbocycles. The number of para-hydroxylation sites is 3. The van der Waals surface area contributed by atoms with E-state index in [1.165, 1.54) is 120 Å². The van der Waals surface area contributed by atoms with Gasteiger partial charge in [0, 0.05) is 33.4 Å². The second-order valence-corrected chi connectivity index (χ2v) is 17.5. The van der Waals surface area contributed by atoms with Gasteiger partial charge in [0.05, 0.1) is 16.7 Å². The van der Waals surface area contributed by atoms with Gasteiger partial charge in [-0.25, -0.2) is 0 Å². The molecule has 1 fully saturated rings. The zero-order valence-electron chi connectivity index (χ0n) is 35.9. The van der Waals surface area contributed by atoms with E-state index in [2.05, 4.69) is 234 Å². The van der Waals surface area contributed by atoms with Gasteiger partial charge < -0.3 is 9.47 Å². The Kier molecular flexibility index (Phi) is 9.64. The van der Waals surface area contributed by atoms with Crippen LogP contribution in [0.3, 0.4) is 0 Å². The topological polar surface area (TPSA) is 8.17 Å². The monoisotopic (exact) mass is 820 g/mol. The molecule has 306 valence electrons. The van der Waals surface area contributed by atoms with Gasteiger partial charge in [-0.2, -0.15) is 0 Å². The predicted octanol–water partition coefficient (Wildman–Crippen LogP) is 17.6. The molecule has 2 nitrogen and oxygen atoms in total. The maximum absolute atomic E-state index is 2.48. The third kappa shape index (κ3) is 6.74. The lowest BCUT2D eigenvalue weighted by atomic mass is 9.80. The average Bonchev–Trinajstić information content (AvgIpc) is 3.71. The quantitative estimate of drug-likeness (QED) is 0.148. The Labute approximate surface area is 375 Å². The highest BCUT2D eigenvalue weighted by molar-refractivity contribution is 6.10. The fraction of sp³-hybridized carbons (Fsp3) is 0.0968. The molecular weight excluding hydrogens is 773 g/mol. The van der Waals surface area contributed by atoms with Gasteiger partial charge in [0.25, 0.3) is 0 Å². The third-order valence-electron chi connectivity index (χ3n) is 13.8. The van der Waals surface area contributed by atoms with E-state index < -0.39 is 0 Å². The molecular formula is C62H48N2. The number of benzene rings is 10. The summed E-state index contributed by atoms with van der Waals surface area (Å²) in [4.78, 5) is 2.48. The van der Waals surface area contributed by atoms with Gasteiger partial charge in [0.2, 0.25) is 0 Å². The van der Waals surface area contributed by atoms with Crippen LogP contribution in [0.4, 0.5) is 17.1 Å². The molecule has 10 aromatic carbocycles. The van der Waals surface area contributed by atoms with Crippen LogP contribution in [-0.4, -0.2) is 4.57 Å². The Balaban J connectivity index is 1.02. The molecule has 0 unspecified atom stereocenters. The molecule has 1 heterocycles. The van der Waals surface area contributed by atoms with Crippen LogP contribution in [0.25, 0.3) is 82.4 Å². The molecule has 0 saturated heterocycles. The first-order chi connectivity index (χ1) is 31.7. The van der Waals surface area contributed by atoms with Crippen LogP contribution in [0.2, 0.25) is 0 Å². The van der Waals surface area contributed by atoms with E-state index in [1.807, 2.05) is 0 Å². The number of hydrogen-bond donors (Lipinski definition) is 0. The molecule has 1 aliphatic rings. The van der Waals surface area contributed by atoms with Crippen LogP contribution in [0.1, 0.15) is 43.6 Å². The Bertz CT molecular complexity index is 3470. The lowest BCUT2D eigenvalue weighted by Gasteiger charge is -2.29. The van der Waals surface area contributed by atoms with Gasteiger partial charge in [-0.3, -0.25) is 0 Å². The van der Waals surface area contributed by atoms with E-state index in [4.69, 9.17) is 0 Å². The highest BCUT2D eigenvalue weighted by Gasteiger charge is 2.23. The summed E-state index contributed by atoms with van der Waals surface area (Å²) in [5, 5.41) is 7.72. The minimum absolute atomic E-state index is 0.584. The molecule has 0 spiro atoms. The van der Waals surface area contributed by atoms with E-state index in [1.54, 1.807) is 0 Å². The summed E-state index contributed by atoms with van der Waals surface area (Å²) in [7, 11) is 0. The lowest BCUT2D eigenvalue weighted by molar-refractivity contribution is 0.445. The van der Waals surface area contributed by atoms with Crippen molar-refractivity contribution in [2.24, 2.45) is 0 Å². The first-order valence-electron chi connectivity index (χ1n) is 22.9. The molecule has 11 aromatic rings. The summed E-state index contributed by atoms with van der Waals surface area (Å²) in [6.45, 7) is 0. The van der Waals surface area contributed by atoms with Crippen molar-refractivity contribution >= 4 is 60.4 Å². The van der Waals surface area contributed by atoms with Gasteiger partial charge in [-0.1, -0.05) is 177 Å². The van der Waals surface area contributed by atoms with E-state index in [-0.39, 0.29) is 0 Å². The minimum Gasteiger partial charge on any atom is -0.310 e. The Morgan fingerprint density at radius 1 is 0.375 bits per heavy atom. The van der Waals surface area contributed by atoms with E-state index in [0.717, 1.165) is 17.1 Å². The molecule has 0 amide bonds. The van der Waals surface area contributed by atoms with Crippen molar-refractivity contribution in [3.05, 3.63) is 230 Å². The van der Waals surface area contributed by atoms with E-state index in [9.17, 15) is 0 Å². The van der Waals surface area contributed by atoms with Crippen LogP contribution in [0.5, 0.6) is 0 Å². The predicted molar refractivity (Wildman–Crippen MR) is 273 cm³/mol. The largest absolute Gasteiger partial charge is 0.310 e. The summed E-state index contributed by atoms with van der Waals surface area (Å²) in [5.74, 6) is 0.584. The van der Waals surface area contributed by atoms with Gasteiger partial charge in [0.1, 0.15) is 0 Å². The molecule has 2 heteroatoms. The molecule has 64 heavy (non-hydrogen) atoms. The van der Waals surface area contributed by atoms with Crippen molar-refractivity contribution in [1.29, 1.82) is 0 Å². The fourth-order valence-electron chi connectivity index (χ4n) is 10.7. The van der Waals surface area contributed by atoms with Crippen molar-refractivity contribution in [2.75, 3.05) is 4.90 Å². The average molecular weight is 821 g/mol. The van der Waals surface area contributed by atoms with Crippen LogP contribution < -0.4 is 4.90 Å². The van der Waals surface area contributed by atoms with Crippen molar-refractivity contribution in [1.82, 2.24) is 4.57 Å². The standard InChI is InChI=1S/C62H48N2/c1-3-17-45(18-4-1)54-28-14-20-46-21-15-29-57(62(46)54)55-26-9-11-30-59(55)63(52-37-34-44(35-38-52)49-33-32-43-16-7-8-19-47(43)40-49)53-25-13-22-48(41-53)50-36-39-61-58(42-50)56-27-10-12-31-60(56)64(61)51-23-5-2-6-24-51/h2,5-16,19-42,45H,1,3-4,17-18H2. The van der Waals surface area contributed by atoms with Crippen LogP contribution in [0.15, 0.2) is 224 Å². The fourth-order valence-corrected chi connectivity index (χ4v) is 10.7. The van der Waals surface area contributed by atoms with Gasteiger partial charge in [-0.05, 0) is 140 Å². The van der Waals surface area contributed by atoms with Crippen molar-refractivity contribution < 1.29 is 0 Å².